The quantitative estimate of drug-likeness (QED) is 0.910. The Hall–Kier alpha value is -2.04. The maximum Gasteiger partial charge on any atom is 0.308 e. The van der Waals surface area contributed by atoms with E-state index in [0.29, 0.717) is 19.5 Å². The lowest BCUT2D eigenvalue weighted by molar-refractivity contribution is -0.141. The van der Waals surface area contributed by atoms with E-state index >= 15 is 0 Å². The van der Waals surface area contributed by atoms with Gasteiger partial charge >= 0.3 is 5.97 Å². The van der Waals surface area contributed by atoms with E-state index in [4.69, 9.17) is 9.84 Å². The van der Waals surface area contributed by atoms with Crippen LogP contribution in [0.2, 0.25) is 0 Å². The van der Waals surface area contributed by atoms with Gasteiger partial charge in [-0.05, 0) is 31.0 Å². The molecule has 108 valence electrons. The first-order valence-corrected chi connectivity index (χ1v) is 6.68. The van der Waals surface area contributed by atoms with Gasteiger partial charge in [-0.3, -0.25) is 9.59 Å². The molecule has 1 fully saturated rings. The predicted molar refractivity (Wildman–Crippen MR) is 73.7 cm³/mol. The van der Waals surface area contributed by atoms with Crippen molar-refractivity contribution < 1.29 is 19.4 Å². The SMILES string of the molecule is COc1ccc(C(C)C(=O)N2CCC(C(=O)O)C2)cc1. The van der Waals surface area contributed by atoms with Crippen molar-refractivity contribution >= 4 is 11.9 Å². The van der Waals surface area contributed by atoms with Crippen LogP contribution in [0.3, 0.4) is 0 Å². The van der Waals surface area contributed by atoms with Crippen molar-refractivity contribution in [3.63, 3.8) is 0 Å². The molecule has 0 aliphatic carbocycles. The number of carboxylic acids is 1. The number of methoxy groups -OCH3 is 1. The van der Waals surface area contributed by atoms with E-state index in [1.54, 1.807) is 12.0 Å². The molecule has 0 aromatic heterocycles. The fourth-order valence-corrected chi connectivity index (χ4v) is 2.47. The number of benzene rings is 1. The van der Waals surface area contributed by atoms with Crippen molar-refractivity contribution in [2.45, 2.75) is 19.3 Å². The normalized spacial score (nSPS) is 19.7. The topological polar surface area (TPSA) is 66.8 Å². The van der Waals surface area contributed by atoms with Crippen LogP contribution in [0.15, 0.2) is 24.3 Å². The first-order valence-electron chi connectivity index (χ1n) is 6.68. The molecule has 0 spiro atoms. The molecule has 5 nitrogen and oxygen atoms in total. The molecule has 1 aromatic carbocycles. The number of likely N-dealkylation sites (tertiary alicyclic amines) is 1. The van der Waals surface area contributed by atoms with E-state index in [1.165, 1.54) is 0 Å². The molecule has 1 aliphatic rings. The summed E-state index contributed by atoms with van der Waals surface area (Å²) in [5, 5.41) is 8.97. The molecule has 1 N–H and O–H groups in total. The highest BCUT2D eigenvalue weighted by Gasteiger charge is 2.32. The Morgan fingerprint density at radius 3 is 2.50 bits per heavy atom. The van der Waals surface area contributed by atoms with Gasteiger partial charge in [0.1, 0.15) is 5.75 Å². The largest absolute Gasteiger partial charge is 0.497 e. The maximum absolute atomic E-state index is 12.4. The summed E-state index contributed by atoms with van der Waals surface area (Å²) >= 11 is 0. The second-order valence-corrected chi connectivity index (χ2v) is 5.10. The lowest BCUT2D eigenvalue weighted by Gasteiger charge is -2.21. The Kier molecular flexibility index (Phi) is 4.27. The van der Waals surface area contributed by atoms with Crippen molar-refractivity contribution in [2.75, 3.05) is 20.2 Å². The van der Waals surface area contributed by atoms with E-state index < -0.39 is 11.9 Å². The van der Waals surface area contributed by atoms with Crippen LogP contribution >= 0.6 is 0 Å². The molecular weight excluding hydrogens is 258 g/mol. The summed E-state index contributed by atoms with van der Waals surface area (Å²) < 4.78 is 5.09. The molecule has 5 heteroatoms. The van der Waals surface area contributed by atoms with E-state index in [0.717, 1.165) is 11.3 Å². The van der Waals surface area contributed by atoms with Crippen LogP contribution in [-0.2, 0) is 9.59 Å². The molecule has 20 heavy (non-hydrogen) atoms. The molecule has 1 amide bonds. The number of rotatable bonds is 4. The summed E-state index contributed by atoms with van der Waals surface area (Å²) in [6, 6.07) is 7.38. The van der Waals surface area contributed by atoms with Gasteiger partial charge < -0.3 is 14.7 Å². The standard InChI is InChI=1S/C15H19NO4/c1-10(11-3-5-13(20-2)6-4-11)14(17)16-8-7-12(9-16)15(18)19/h3-6,10,12H,7-9H2,1-2H3,(H,18,19). The summed E-state index contributed by atoms with van der Waals surface area (Å²) in [6.45, 7) is 2.68. The summed E-state index contributed by atoms with van der Waals surface area (Å²) in [5.74, 6) is -0.785. The first kappa shape index (κ1) is 14.4. The Balaban J connectivity index is 2.03. The Morgan fingerprint density at radius 1 is 1.35 bits per heavy atom. The van der Waals surface area contributed by atoms with E-state index in [2.05, 4.69) is 0 Å². The van der Waals surface area contributed by atoms with Gasteiger partial charge in [0.2, 0.25) is 5.91 Å². The Bertz CT molecular complexity index is 497. The molecule has 1 saturated heterocycles. The van der Waals surface area contributed by atoms with Gasteiger partial charge in [0.15, 0.2) is 0 Å². The zero-order chi connectivity index (χ0) is 14.7. The molecule has 0 radical (unpaired) electrons. The molecule has 1 heterocycles. The monoisotopic (exact) mass is 277 g/mol. The number of aliphatic carboxylic acids is 1. The number of ether oxygens (including phenoxy) is 1. The van der Waals surface area contributed by atoms with Gasteiger partial charge in [0.05, 0.1) is 18.9 Å². The third-order valence-electron chi connectivity index (χ3n) is 3.84. The molecule has 1 aromatic rings. The zero-order valence-electron chi connectivity index (χ0n) is 11.7. The molecule has 0 bridgehead atoms. The Morgan fingerprint density at radius 2 is 2.00 bits per heavy atom. The summed E-state index contributed by atoms with van der Waals surface area (Å²) in [7, 11) is 1.60. The summed E-state index contributed by atoms with van der Waals surface area (Å²) in [4.78, 5) is 24.9. The van der Waals surface area contributed by atoms with Crippen LogP contribution in [0.5, 0.6) is 5.75 Å². The van der Waals surface area contributed by atoms with Crippen LogP contribution in [0.25, 0.3) is 0 Å². The highest BCUT2D eigenvalue weighted by Crippen LogP contribution is 2.24. The fourth-order valence-electron chi connectivity index (χ4n) is 2.47. The third kappa shape index (κ3) is 2.92. The molecule has 0 saturated carbocycles. The minimum atomic E-state index is -0.822. The number of carbonyl (C=O) groups excluding carboxylic acids is 1. The number of carboxylic acid groups (broad SMARTS) is 1. The minimum Gasteiger partial charge on any atom is -0.497 e. The number of carbonyl (C=O) groups is 2. The number of hydrogen-bond acceptors (Lipinski definition) is 3. The summed E-state index contributed by atoms with van der Waals surface area (Å²) in [6.07, 6.45) is 0.538. The van der Waals surface area contributed by atoms with Crippen LogP contribution < -0.4 is 4.74 Å². The third-order valence-corrected chi connectivity index (χ3v) is 3.84. The van der Waals surface area contributed by atoms with Crippen LogP contribution in [-0.4, -0.2) is 42.1 Å². The van der Waals surface area contributed by atoms with Gasteiger partial charge in [-0.1, -0.05) is 12.1 Å². The maximum atomic E-state index is 12.4. The zero-order valence-corrected chi connectivity index (χ0v) is 11.7. The minimum absolute atomic E-state index is 0.0149. The molecule has 1 aliphatic heterocycles. The summed E-state index contributed by atoms with van der Waals surface area (Å²) in [5.41, 5.74) is 0.912. The van der Waals surface area contributed by atoms with E-state index in [9.17, 15) is 9.59 Å². The average molecular weight is 277 g/mol. The van der Waals surface area contributed by atoms with Gasteiger partial charge in [-0.25, -0.2) is 0 Å². The van der Waals surface area contributed by atoms with Gasteiger partial charge in [0, 0.05) is 13.1 Å². The van der Waals surface area contributed by atoms with E-state index in [1.807, 2.05) is 31.2 Å². The van der Waals surface area contributed by atoms with Crippen molar-refractivity contribution in [1.29, 1.82) is 0 Å². The lowest BCUT2D eigenvalue weighted by atomic mass is 9.99. The number of nitrogens with zero attached hydrogens (tertiary/aromatic N) is 1. The highest BCUT2D eigenvalue weighted by molar-refractivity contribution is 5.84. The molecule has 2 atom stereocenters. The van der Waals surface area contributed by atoms with Crippen molar-refractivity contribution in [2.24, 2.45) is 5.92 Å². The molecule has 2 rings (SSSR count). The Labute approximate surface area is 118 Å². The average Bonchev–Trinajstić information content (AvgIpc) is 2.96. The van der Waals surface area contributed by atoms with Crippen LogP contribution in [0, 0.1) is 5.92 Å². The van der Waals surface area contributed by atoms with E-state index in [-0.39, 0.29) is 11.8 Å². The fraction of sp³-hybridized carbons (Fsp3) is 0.467. The van der Waals surface area contributed by atoms with Gasteiger partial charge in [0.25, 0.3) is 0 Å². The molecular formula is C15H19NO4. The molecule has 2 unspecified atom stereocenters. The lowest BCUT2D eigenvalue weighted by Crippen LogP contribution is -2.33. The second kappa shape index (κ2) is 5.94. The van der Waals surface area contributed by atoms with Crippen LogP contribution in [0.1, 0.15) is 24.8 Å². The smallest absolute Gasteiger partial charge is 0.308 e. The number of amides is 1. The van der Waals surface area contributed by atoms with Crippen molar-refractivity contribution in [1.82, 2.24) is 4.90 Å². The van der Waals surface area contributed by atoms with Crippen molar-refractivity contribution in [3.05, 3.63) is 29.8 Å². The van der Waals surface area contributed by atoms with Crippen LogP contribution in [0.4, 0.5) is 0 Å². The predicted octanol–water partition coefficient (Wildman–Crippen LogP) is 1.73. The van der Waals surface area contributed by atoms with Gasteiger partial charge in [-0.15, -0.1) is 0 Å². The highest BCUT2D eigenvalue weighted by atomic mass is 16.5. The number of hydrogen-bond donors (Lipinski definition) is 1. The second-order valence-electron chi connectivity index (χ2n) is 5.10. The van der Waals surface area contributed by atoms with Gasteiger partial charge in [-0.2, -0.15) is 0 Å². The van der Waals surface area contributed by atoms with Crippen molar-refractivity contribution in [3.8, 4) is 5.75 Å². The first-order chi connectivity index (χ1) is 9.52.